The van der Waals surface area contributed by atoms with Gasteiger partial charge in [-0.25, -0.2) is 0 Å². The third-order valence-electron chi connectivity index (χ3n) is 2.64. The second kappa shape index (κ2) is 4.33. The van der Waals surface area contributed by atoms with Crippen LogP contribution in [0.4, 0.5) is 0 Å². The van der Waals surface area contributed by atoms with Gasteiger partial charge < -0.3 is 9.64 Å². The predicted molar refractivity (Wildman–Crippen MR) is 60.2 cm³/mol. The fourth-order valence-electron chi connectivity index (χ4n) is 1.74. The van der Waals surface area contributed by atoms with E-state index in [1.807, 2.05) is 35.6 Å². The summed E-state index contributed by atoms with van der Waals surface area (Å²) >= 11 is 1.56. The molecule has 1 aromatic heterocycles. The van der Waals surface area contributed by atoms with Crippen molar-refractivity contribution in [3.63, 3.8) is 0 Å². The van der Waals surface area contributed by atoms with Gasteiger partial charge >= 0.3 is 0 Å². The van der Waals surface area contributed by atoms with Crippen LogP contribution in [0.1, 0.15) is 24.2 Å². The average Bonchev–Trinajstić information content (AvgIpc) is 2.74. The lowest BCUT2D eigenvalue weighted by Crippen LogP contribution is -2.50. The van der Waals surface area contributed by atoms with Crippen LogP contribution in [0.5, 0.6) is 0 Å². The Morgan fingerprint density at radius 3 is 3.07 bits per heavy atom. The topological polar surface area (TPSA) is 29.5 Å². The number of hydrogen-bond donors (Lipinski definition) is 0. The van der Waals surface area contributed by atoms with Gasteiger partial charge in [0.2, 0.25) is 0 Å². The van der Waals surface area contributed by atoms with Gasteiger partial charge in [0.15, 0.2) is 0 Å². The van der Waals surface area contributed by atoms with E-state index >= 15 is 0 Å². The number of morpholine rings is 1. The number of thiophene rings is 1. The molecule has 1 fully saturated rings. The molecule has 2 atom stereocenters. The fourth-order valence-corrected chi connectivity index (χ4v) is 2.37. The maximum Gasteiger partial charge on any atom is 0.255 e. The molecule has 4 heteroatoms. The summed E-state index contributed by atoms with van der Waals surface area (Å²) in [4.78, 5) is 14.0. The number of hydrogen-bond acceptors (Lipinski definition) is 3. The Kier molecular flexibility index (Phi) is 3.07. The molecule has 0 saturated carbocycles. The molecule has 2 rings (SSSR count). The van der Waals surface area contributed by atoms with E-state index in [-0.39, 0.29) is 18.1 Å². The zero-order chi connectivity index (χ0) is 10.8. The molecule has 0 N–H and O–H groups in total. The summed E-state index contributed by atoms with van der Waals surface area (Å²) in [5.74, 6) is 0.124. The van der Waals surface area contributed by atoms with E-state index in [9.17, 15) is 4.79 Å². The summed E-state index contributed by atoms with van der Waals surface area (Å²) in [5.41, 5.74) is 0.793. The van der Waals surface area contributed by atoms with Crippen LogP contribution in [0.3, 0.4) is 0 Å². The van der Waals surface area contributed by atoms with Gasteiger partial charge in [0, 0.05) is 11.9 Å². The molecule has 1 aliphatic rings. The van der Waals surface area contributed by atoms with Crippen LogP contribution >= 0.6 is 11.3 Å². The van der Waals surface area contributed by atoms with Crippen LogP contribution in [0.2, 0.25) is 0 Å². The molecular weight excluding hydrogens is 210 g/mol. The summed E-state index contributed by atoms with van der Waals surface area (Å²) in [7, 11) is 0. The Labute approximate surface area is 93.7 Å². The van der Waals surface area contributed by atoms with Crippen molar-refractivity contribution in [3.8, 4) is 0 Å². The normalized spacial score (nSPS) is 26.7. The molecule has 1 aromatic rings. The maximum atomic E-state index is 12.1. The minimum Gasteiger partial charge on any atom is -0.375 e. The Morgan fingerprint density at radius 2 is 2.40 bits per heavy atom. The first-order valence-corrected chi connectivity index (χ1v) is 6.07. The second-order valence-electron chi connectivity index (χ2n) is 3.96. The molecule has 0 spiro atoms. The molecule has 3 nitrogen and oxygen atoms in total. The van der Waals surface area contributed by atoms with Crippen LogP contribution in [0.15, 0.2) is 16.8 Å². The lowest BCUT2D eigenvalue weighted by molar-refractivity contribution is -0.0386. The van der Waals surface area contributed by atoms with Gasteiger partial charge in [0.1, 0.15) is 0 Å². The Morgan fingerprint density at radius 1 is 1.60 bits per heavy atom. The number of nitrogens with zero attached hydrogens (tertiary/aromatic N) is 1. The van der Waals surface area contributed by atoms with Gasteiger partial charge in [0.25, 0.3) is 5.91 Å². The smallest absolute Gasteiger partial charge is 0.255 e. The first-order chi connectivity index (χ1) is 7.18. The molecule has 1 saturated heterocycles. The van der Waals surface area contributed by atoms with Gasteiger partial charge in [0.05, 0.1) is 24.3 Å². The number of amides is 1. The highest BCUT2D eigenvalue weighted by molar-refractivity contribution is 7.08. The van der Waals surface area contributed by atoms with Crippen LogP contribution in [-0.4, -0.2) is 36.1 Å². The van der Waals surface area contributed by atoms with Crippen molar-refractivity contribution in [2.24, 2.45) is 0 Å². The van der Waals surface area contributed by atoms with Crippen LogP contribution < -0.4 is 0 Å². The van der Waals surface area contributed by atoms with Crippen molar-refractivity contribution >= 4 is 17.2 Å². The molecule has 0 unspecified atom stereocenters. The predicted octanol–water partition coefficient (Wildman–Crippen LogP) is 2.00. The second-order valence-corrected chi connectivity index (χ2v) is 4.74. The zero-order valence-corrected chi connectivity index (χ0v) is 9.79. The van der Waals surface area contributed by atoms with Crippen LogP contribution in [0, 0.1) is 0 Å². The number of carbonyl (C=O) groups excluding carboxylic acids is 1. The largest absolute Gasteiger partial charge is 0.375 e. The number of rotatable bonds is 1. The van der Waals surface area contributed by atoms with Gasteiger partial charge in [-0.3, -0.25) is 4.79 Å². The van der Waals surface area contributed by atoms with Gasteiger partial charge in [-0.15, -0.1) is 0 Å². The van der Waals surface area contributed by atoms with Crippen molar-refractivity contribution < 1.29 is 9.53 Å². The number of ether oxygens (including phenoxy) is 1. The molecule has 0 aliphatic carbocycles. The maximum absolute atomic E-state index is 12.1. The first-order valence-electron chi connectivity index (χ1n) is 5.13. The molecular formula is C11H15NO2S. The van der Waals surface area contributed by atoms with E-state index in [0.29, 0.717) is 13.2 Å². The van der Waals surface area contributed by atoms with Crippen molar-refractivity contribution in [1.82, 2.24) is 4.90 Å². The first kappa shape index (κ1) is 10.6. The Hall–Kier alpha value is -0.870. The Bertz CT molecular complexity index is 336. The minimum atomic E-state index is 0.124. The average molecular weight is 225 g/mol. The van der Waals surface area contributed by atoms with E-state index in [2.05, 4.69) is 0 Å². The van der Waals surface area contributed by atoms with E-state index in [1.54, 1.807) is 11.3 Å². The van der Waals surface area contributed by atoms with E-state index < -0.39 is 0 Å². The van der Waals surface area contributed by atoms with Crippen molar-refractivity contribution in [2.45, 2.75) is 26.0 Å². The lowest BCUT2D eigenvalue weighted by atomic mass is 10.1. The van der Waals surface area contributed by atoms with E-state index in [1.165, 1.54) is 0 Å². The Balaban J connectivity index is 2.12. The van der Waals surface area contributed by atoms with E-state index in [4.69, 9.17) is 4.74 Å². The quantitative estimate of drug-likeness (QED) is 0.731. The highest BCUT2D eigenvalue weighted by atomic mass is 32.1. The van der Waals surface area contributed by atoms with Crippen LogP contribution in [0.25, 0.3) is 0 Å². The third-order valence-corrected chi connectivity index (χ3v) is 3.32. The summed E-state index contributed by atoms with van der Waals surface area (Å²) in [6, 6.07) is 2.05. The highest BCUT2D eigenvalue weighted by Crippen LogP contribution is 2.16. The van der Waals surface area contributed by atoms with Gasteiger partial charge in [-0.05, 0) is 25.3 Å². The molecule has 1 amide bonds. The summed E-state index contributed by atoms with van der Waals surface area (Å²) in [6.07, 6.45) is 0.142. The zero-order valence-electron chi connectivity index (χ0n) is 8.97. The number of carbonyl (C=O) groups is 1. The van der Waals surface area contributed by atoms with E-state index in [0.717, 1.165) is 5.56 Å². The lowest BCUT2D eigenvalue weighted by Gasteiger charge is -2.36. The highest BCUT2D eigenvalue weighted by Gasteiger charge is 2.28. The third kappa shape index (κ3) is 2.21. The molecule has 1 aliphatic heterocycles. The van der Waals surface area contributed by atoms with Gasteiger partial charge in [-0.2, -0.15) is 11.3 Å². The molecule has 15 heavy (non-hydrogen) atoms. The minimum absolute atomic E-state index is 0.124. The molecule has 0 radical (unpaired) electrons. The molecule has 0 aromatic carbocycles. The molecule has 82 valence electrons. The summed E-state index contributed by atoms with van der Waals surface area (Å²) in [5, 5.41) is 3.83. The van der Waals surface area contributed by atoms with Crippen molar-refractivity contribution in [2.75, 3.05) is 13.2 Å². The van der Waals surface area contributed by atoms with Crippen molar-refractivity contribution in [3.05, 3.63) is 22.4 Å². The summed E-state index contributed by atoms with van der Waals surface area (Å²) < 4.78 is 5.50. The van der Waals surface area contributed by atoms with Crippen molar-refractivity contribution in [1.29, 1.82) is 0 Å². The van der Waals surface area contributed by atoms with Crippen LogP contribution in [-0.2, 0) is 4.74 Å². The SMILES string of the molecule is C[C@H]1CN(C(=O)c2ccsc2)[C@@H](C)CO1. The standard InChI is InChI=1S/C11H15NO2S/c1-8-6-14-9(2)5-12(8)11(13)10-3-4-15-7-10/h3-4,7-9H,5-6H2,1-2H3/t8-,9-/m0/s1. The summed E-state index contributed by atoms with van der Waals surface area (Å²) in [6.45, 7) is 5.35. The molecule has 0 bridgehead atoms. The fraction of sp³-hybridized carbons (Fsp3) is 0.545. The van der Waals surface area contributed by atoms with Gasteiger partial charge in [-0.1, -0.05) is 0 Å². The monoisotopic (exact) mass is 225 g/mol. The molecule has 2 heterocycles.